The van der Waals surface area contributed by atoms with Crippen LogP contribution in [0.15, 0.2) is 18.2 Å². The summed E-state index contributed by atoms with van der Waals surface area (Å²) in [4.78, 5) is 17.5. The molecule has 1 atom stereocenters. The highest BCUT2D eigenvalue weighted by Gasteiger charge is 2.31. The van der Waals surface area contributed by atoms with Gasteiger partial charge in [-0.25, -0.2) is 8.42 Å². The van der Waals surface area contributed by atoms with Gasteiger partial charge in [0, 0.05) is 29.2 Å². The zero-order valence-corrected chi connectivity index (χ0v) is 16.4. The van der Waals surface area contributed by atoms with Crippen molar-refractivity contribution in [2.75, 3.05) is 25.1 Å². The van der Waals surface area contributed by atoms with Crippen molar-refractivity contribution in [3.05, 3.63) is 35.0 Å². The monoisotopic (exact) mass is 377 g/mol. The number of hydrogen-bond acceptors (Lipinski definition) is 4. The van der Waals surface area contributed by atoms with Crippen LogP contribution >= 0.6 is 0 Å². The molecule has 142 valence electrons. The second-order valence-corrected chi connectivity index (χ2v) is 9.44. The second-order valence-electron chi connectivity index (χ2n) is 7.21. The zero-order valence-electron chi connectivity index (χ0n) is 15.6. The van der Waals surface area contributed by atoms with E-state index < -0.39 is 9.84 Å². The first-order chi connectivity index (χ1) is 12.3. The Morgan fingerprint density at radius 1 is 1.38 bits per heavy atom. The first-order valence-electron chi connectivity index (χ1n) is 9.06. The summed E-state index contributed by atoms with van der Waals surface area (Å²) < 4.78 is 23.1. The number of sulfone groups is 1. The van der Waals surface area contributed by atoms with Gasteiger partial charge in [-0.1, -0.05) is 13.0 Å². The standard InChI is InChI=1S/C19H27N3O3S/c1-4-17-13(2)16-9-14(5-6-18(16)21-17)10-20-19(23)11-22(3)15-7-8-26(24,25)12-15/h5-6,9,15,21H,4,7-8,10-12H2,1-3H3,(H,20,23)/t15-/m0/s1. The predicted octanol–water partition coefficient (Wildman–Crippen LogP) is 1.77. The number of carbonyl (C=O) groups excluding carboxylic acids is 1. The molecule has 2 heterocycles. The van der Waals surface area contributed by atoms with Crippen molar-refractivity contribution in [1.82, 2.24) is 15.2 Å². The molecule has 26 heavy (non-hydrogen) atoms. The number of rotatable bonds is 6. The summed E-state index contributed by atoms with van der Waals surface area (Å²) in [5, 5.41) is 4.13. The van der Waals surface area contributed by atoms with Crippen molar-refractivity contribution < 1.29 is 13.2 Å². The highest BCUT2D eigenvalue weighted by Crippen LogP contribution is 2.23. The molecule has 0 bridgehead atoms. The van der Waals surface area contributed by atoms with Crippen LogP contribution in [0.4, 0.5) is 0 Å². The van der Waals surface area contributed by atoms with Gasteiger partial charge < -0.3 is 10.3 Å². The maximum atomic E-state index is 12.2. The smallest absolute Gasteiger partial charge is 0.234 e. The number of likely N-dealkylation sites (N-methyl/N-ethyl adjacent to an activating group) is 1. The van der Waals surface area contributed by atoms with Crippen molar-refractivity contribution in [1.29, 1.82) is 0 Å². The first-order valence-corrected chi connectivity index (χ1v) is 10.9. The first kappa shape index (κ1) is 18.9. The lowest BCUT2D eigenvalue weighted by molar-refractivity contribution is -0.122. The van der Waals surface area contributed by atoms with Gasteiger partial charge in [0.1, 0.15) is 0 Å². The van der Waals surface area contributed by atoms with E-state index >= 15 is 0 Å². The Balaban J connectivity index is 1.57. The molecule has 7 heteroatoms. The molecule has 1 aromatic heterocycles. The van der Waals surface area contributed by atoms with Crippen LogP contribution in [-0.2, 0) is 27.6 Å². The summed E-state index contributed by atoms with van der Waals surface area (Å²) in [5.41, 5.74) is 4.69. The molecule has 6 nitrogen and oxygen atoms in total. The highest BCUT2D eigenvalue weighted by atomic mass is 32.2. The Kier molecular flexibility index (Phi) is 5.39. The average molecular weight is 378 g/mol. The number of hydrogen-bond donors (Lipinski definition) is 2. The summed E-state index contributed by atoms with van der Waals surface area (Å²) in [5.74, 6) is 0.288. The van der Waals surface area contributed by atoms with E-state index in [1.54, 1.807) is 0 Å². The number of H-pyrrole nitrogens is 1. The van der Waals surface area contributed by atoms with E-state index in [1.165, 1.54) is 16.6 Å². The van der Waals surface area contributed by atoms with Gasteiger partial charge in [-0.2, -0.15) is 0 Å². The van der Waals surface area contributed by atoms with Crippen LogP contribution in [0.1, 0.15) is 30.2 Å². The quantitative estimate of drug-likeness (QED) is 0.804. The Labute approximate surface area is 154 Å². The van der Waals surface area contributed by atoms with Gasteiger partial charge in [0.05, 0.1) is 18.1 Å². The Hall–Kier alpha value is -1.86. The number of aromatic amines is 1. The molecular formula is C19H27N3O3S. The predicted molar refractivity (Wildman–Crippen MR) is 104 cm³/mol. The van der Waals surface area contributed by atoms with Gasteiger partial charge in [0.25, 0.3) is 0 Å². The van der Waals surface area contributed by atoms with Crippen LogP contribution in [0.5, 0.6) is 0 Å². The summed E-state index contributed by atoms with van der Waals surface area (Å²) in [6, 6.07) is 6.13. The maximum Gasteiger partial charge on any atom is 0.234 e. The van der Waals surface area contributed by atoms with Crippen LogP contribution < -0.4 is 5.32 Å². The van der Waals surface area contributed by atoms with Crippen LogP contribution in [0.25, 0.3) is 10.9 Å². The molecule has 1 amide bonds. The highest BCUT2D eigenvalue weighted by molar-refractivity contribution is 7.91. The molecule has 0 radical (unpaired) electrons. The molecule has 1 aliphatic rings. The van der Waals surface area contributed by atoms with Crippen molar-refractivity contribution in [3.8, 4) is 0 Å². The lowest BCUT2D eigenvalue weighted by Crippen LogP contribution is -2.41. The molecular weight excluding hydrogens is 350 g/mol. The van der Waals surface area contributed by atoms with E-state index in [9.17, 15) is 13.2 Å². The van der Waals surface area contributed by atoms with Crippen molar-refractivity contribution in [3.63, 3.8) is 0 Å². The number of aromatic nitrogens is 1. The Morgan fingerprint density at radius 3 is 2.81 bits per heavy atom. The summed E-state index contributed by atoms with van der Waals surface area (Å²) in [6.45, 7) is 4.93. The lowest BCUT2D eigenvalue weighted by atomic mass is 10.1. The topological polar surface area (TPSA) is 82.3 Å². The molecule has 0 saturated carbocycles. The molecule has 1 aliphatic heterocycles. The minimum Gasteiger partial charge on any atom is -0.358 e. The van der Waals surface area contributed by atoms with Gasteiger partial charge in [-0.05, 0) is 50.1 Å². The van der Waals surface area contributed by atoms with Crippen molar-refractivity contribution in [2.45, 2.75) is 39.3 Å². The number of nitrogens with one attached hydrogen (secondary N) is 2. The van der Waals surface area contributed by atoms with E-state index in [0.29, 0.717) is 13.0 Å². The molecule has 2 N–H and O–H groups in total. The van der Waals surface area contributed by atoms with Crippen molar-refractivity contribution >= 4 is 26.6 Å². The third-order valence-corrected chi connectivity index (χ3v) is 7.04. The summed E-state index contributed by atoms with van der Waals surface area (Å²) in [7, 11) is -1.12. The molecule has 1 fully saturated rings. The van der Waals surface area contributed by atoms with E-state index in [1.807, 2.05) is 18.0 Å². The average Bonchev–Trinajstić information content (AvgIpc) is 3.12. The van der Waals surface area contributed by atoms with Crippen LogP contribution in [0.2, 0.25) is 0 Å². The van der Waals surface area contributed by atoms with E-state index in [4.69, 9.17) is 0 Å². The minimum atomic E-state index is -2.93. The number of carbonyl (C=O) groups is 1. The molecule has 3 rings (SSSR count). The summed E-state index contributed by atoms with van der Waals surface area (Å²) >= 11 is 0. The maximum absolute atomic E-state index is 12.2. The molecule has 1 saturated heterocycles. The Bertz CT molecular complexity index is 917. The molecule has 1 aromatic carbocycles. The molecule has 0 unspecified atom stereocenters. The number of amides is 1. The lowest BCUT2D eigenvalue weighted by Gasteiger charge is -2.22. The van der Waals surface area contributed by atoms with Gasteiger partial charge in [0.15, 0.2) is 9.84 Å². The normalized spacial score (nSPS) is 19.3. The number of fused-ring (bicyclic) bond motifs is 1. The third kappa shape index (κ3) is 4.10. The number of nitrogens with zero attached hydrogens (tertiary/aromatic N) is 1. The van der Waals surface area contributed by atoms with E-state index in [2.05, 4.69) is 36.3 Å². The largest absolute Gasteiger partial charge is 0.358 e. The van der Waals surface area contributed by atoms with Crippen LogP contribution in [0, 0.1) is 6.92 Å². The van der Waals surface area contributed by atoms with Gasteiger partial charge in [0.2, 0.25) is 5.91 Å². The zero-order chi connectivity index (χ0) is 18.9. The Morgan fingerprint density at radius 2 is 2.15 bits per heavy atom. The van der Waals surface area contributed by atoms with Crippen molar-refractivity contribution in [2.24, 2.45) is 0 Å². The number of aryl methyl sites for hydroxylation is 2. The molecule has 2 aromatic rings. The fraction of sp³-hybridized carbons (Fsp3) is 0.526. The minimum absolute atomic E-state index is 0.0583. The fourth-order valence-electron chi connectivity index (χ4n) is 3.63. The van der Waals surface area contributed by atoms with Gasteiger partial charge in [-0.3, -0.25) is 9.69 Å². The van der Waals surface area contributed by atoms with Crippen LogP contribution in [-0.4, -0.2) is 55.3 Å². The van der Waals surface area contributed by atoms with E-state index in [0.717, 1.165) is 17.5 Å². The second kappa shape index (κ2) is 7.40. The van der Waals surface area contributed by atoms with E-state index in [-0.39, 0.29) is 30.0 Å². The van der Waals surface area contributed by atoms with Gasteiger partial charge >= 0.3 is 0 Å². The van der Waals surface area contributed by atoms with Gasteiger partial charge in [-0.15, -0.1) is 0 Å². The van der Waals surface area contributed by atoms with Crippen LogP contribution in [0.3, 0.4) is 0 Å². The molecule has 0 aliphatic carbocycles. The summed E-state index contributed by atoms with van der Waals surface area (Å²) in [6.07, 6.45) is 1.57. The fourth-order valence-corrected chi connectivity index (χ4v) is 5.43. The third-order valence-electron chi connectivity index (χ3n) is 5.29. The number of benzene rings is 1. The molecule has 0 spiro atoms. The SMILES string of the molecule is CCc1[nH]c2ccc(CNC(=O)CN(C)[C@H]3CCS(=O)(=O)C3)cc2c1C.